The lowest BCUT2D eigenvalue weighted by Gasteiger charge is -2.29. The number of benzene rings is 1. The number of amides is 1. The van der Waals surface area contributed by atoms with E-state index in [1.807, 2.05) is 0 Å². The summed E-state index contributed by atoms with van der Waals surface area (Å²) in [4.78, 5) is 14.9. The third kappa shape index (κ3) is 7.58. The lowest BCUT2D eigenvalue weighted by atomic mass is 10.00. The predicted octanol–water partition coefficient (Wildman–Crippen LogP) is 3.69. The van der Waals surface area contributed by atoms with Gasteiger partial charge in [0, 0.05) is 13.0 Å². The highest BCUT2D eigenvalue weighted by Crippen LogP contribution is 2.40. The molecule has 31 heavy (non-hydrogen) atoms. The molecule has 0 unspecified atom stereocenters. The predicted molar refractivity (Wildman–Crippen MR) is 122 cm³/mol. The average molecular weight is 437 g/mol. The third-order valence-corrected chi connectivity index (χ3v) is 5.92. The third-order valence-electron chi connectivity index (χ3n) is 5.92. The first-order valence-corrected chi connectivity index (χ1v) is 11.5. The Labute approximate surface area is 187 Å². The molecule has 1 aliphatic rings. The van der Waals surface area contributed by atoms with Gasteiger partial charge in [0.15, 0.2) is 11.5 Å². The van der Waals surface area contributed by atoms with E-state index >= 15 is 0 Å². The molecule has 7 heteroatoms. The van der Waals surface area contributed by atoms with Crippen molar-refractivity contribution in [3.63, 3.8) is 0 Å². The molecule has 1 amide bonds. The van der Waals surface area contributed by atoms with Crippen molar-refractivity contribution in [3.8, 4) is 17.2 Å². The Morgan fingerprint density at radius 2 is 1.65 bits per heavy atom. The number of hydrogen-bond acceptors (Lipinski definition) is 6. The van der Waals surface area contributed by atoms with Gasteiger partial charge in [-0.1, -0.05) is 32.6 Å². The topological polar surface area (TPSA) is 80.3 Å². The van der Waals surface area contributed by atoms with Gasteiger partial charge in [0.05, 0.1) is 27.4 Å². The second kappa shape index (κ2) is 13.4. The summed E-state index contributed by atoms with van der Waals surface area (Å²) in [5.41, 5.74) is 0.627. The van der Waals surface area contributed by atoms with E-state index in [1.54, 1.807) is 33.5 Å². The Hall–Kier alpha value is -1.99. The molecular formula is C24H40N2O5. The summed E-state index contributed by atoms with van der Waals surface area (Å²) in [5.74, 6) is 1.44. The fourth-order valence-electron chi connectivity index (χ4n) is 4.14. The van der Waals surface area contributed by atoms with Gasteiger partial charge in [-0.2, -0.15) is 0 Å². The second-order valence-corrected chi connectivity index (χ2v) is 8.25. The quantitative estimate of drug-likeness (QED) is 0.433. The number of carbonyl (C=O) groups is 1. The van der Waals surface area contributed by atoms with Gasteiger partial charge in [-0.25, -0.2) is 0 Å². The highest BCUT2D eigenvalue weighted by molar-refractivity contribution is 5.76. The number of ether oxygens (including phenoxy) is 3. The van der Waals surface area contributed by atoms with E-state index in [0.29, 0.717) is 35.8 Å². The smallest absolute Gasteiger partial charge is 0.220 e. The maximum Gasteiger partial charge on any atom is 0.220 e. The fourth-order valence-corrected chi connectivity index (χ4v) is 4.14. The number of likely N-dealkylation sites (tertiary alicyclic amines) is 1. The van der Waals surface area contributed by atoms with Crippen LogP contribution in [0.2, 0.25) is 0 Å². The maximum atomic E-state index is 12.6. The van der Waals surface area contributed by atoms with Gasteiger partial charge in [-0.15, -0.1) is 0 Å². The Bertz CT molecular complexity index is 651. The van der Waals surface area contributed by atoms with Crippen molar-refractivity contribution in [3.05, 3.63) is 17.7 Å². The van der Waals surface area contributed by atoms with Crippen LogP contribution >= 0.6 is 0 Å². The molecule has 1 aromatic rings. The SMILES string of the molecule is CCCCCCCC(=O)N[C@H](CN1CCCC1)[C@@H](O)c1cc(OC)c(OC)c(OC)c1. The highest BCUT2D eigenvalue weighted by atomic mass is 16.5. The summed E-state index contributed by atoms with van der Waals surface area (Å²) < 4.78 is 16.3. The van der Waals surface area contributed by atoms with Crippen LogP contribution < -0.4 is 19.5 Å². The molecule has 0 saturated carbocycles. The molecule has 0 bridgehead atoms. The van der Waals surface area contributed by atoms with Crippen LogP contribution in [0.4, 0.5) is 0 Å². The highest BCUT2D eigenvalue weighted by Gasteiger charge is 2.28. The number of aliphatic hydroxyl groups excluding tert-OH is 1. The van der Waals surface area contributed by atoms with Crippen LogP contribution in [0.5, 0.6) is 17.2 Å². The summed E-state index contributed by atoms with van der Waals surface area (Å²) in [5, 5.41) is 14.3. The molecular weight excluding hydrogens is 396 g/mol. The number of hydrogen-bond donors (Lipinski definition) is 2. The van der Waals surface area contributed by atoms with E-state index in [0.717, 1.165) is 45.2 Å². The molecule has 0 aromatic heterocycles. The molecule has 1 heterocycles. The minimum absolute atomic E-state index is 0.00723. The van der Waals surface area contributed by atoms with Crippen molar-refractivity contribution >= 4 is 5.91 Å². The second-order valence-electron chi connectivity index (χ2n) is 8.25. The van der Waals surface area contributed by atoms with Crippen molar-refractivity contribution in [2.24, 2.45) is 0 Å². The van der Waals surface area contributed by atoms with Crippen LogP contribution in [0.25, 0.3) is 0 Å². The maximum absolute atomic E-state index is 12.6. The molecule has 7 nitrogen and oxygen atoms in total. The van der Waals surface area contributed by atoms with Gasteiger partial charge in [-0.05, 0) is 50.0 Å². The number of aliphatic hydroxyl groups is 1. The molecule has 2 rings (SSSR count). The number of nitrogens with zero attached hydrogens (tertiary/aromatic N) is 1. The first-order valence-electron chi connectivity index (χ1n) is 11.5. The van der Waals surface area contributed by atoms with E-state index in [9.17, 15) is 9.90 Å². The van der Waals surface area contributed by atoms with Gasteiger partial charge >= 0.3 is 0 Å². The van der Waals surface area contributed by atoms with Crippen LogP contribution in [0.15, 0.2) is 12.1 Å². The van der Waals surface area contributed by atoms with Crippen LogP contribution in [0.1, 0.15) is 70.0 Å². The van der Waals surface area contributed by atoms with Crippen molar-refractivity contribution in [1.29, 1.82) is 0 Å². The molecule has 1 saturated heterocycles. The Balaban J connectivity index is 2.13. The lowest BCUT2D eigenvalue weighted by Crippen LogP contribution is -2.46. The number of nitrogens with one attached hydrogen (secondary N) is 1. The summed E-state index contributed by atoms with van der Waals surface area (Å²) in [6.07, 6.45) is 7.40. The molecule has 2 atom stereocenters. The monoisotopic (exact) mass is 436 g/mol. The Morgan fingerprint density at radius 3 is 2.19 bits per heavy atom. The van der Waals surface area contributed by atoms with Crippen molar-refractivity contribution in [2.75, 3.05) is 41.0 Å². The van der Waals surface area contributed by atoms with Crippen LogP contribution in [-0.2, 0) is 4.79 Å². The molecule has 1 fully saturated rings. The molecule has 0 spiro atoms. The zero-order chi connectivity index (χ0) is 22.6. The molecule has 176 valence electrons. The zero-order valence-electron chi connectivity index (χ0n) is 19.6. The van der Waals surface area contributed by atoms with Crippen molar-refractivity contribution in [1.82, 2.24) is 10.2 Å². The van der Waals surface area contributed by atoms with Crippen molar-refractivity contribution in [2.45, 2.75) is 70.4 Å². The van der Waals surface area contributed by atoms with Crippen molar-refractivity contribution < 1.29 is 24.1 Å². The van der Waals surface area contributed by atoms with E-state index in [-0.39, 0.29) is 5.91 Å². The summed E-state index contributed by atoms with van der Waals surface area (Å²) in [7, 11) is 4.65. The van der Waals surface area contributed by atoms with Crippen LogP contribution in [-0.4, -0.2) is 62.9 Å². The molecule has 2 N–H and O–H groups in total. The van der Waals surface area contributed by atoms with E-state index in [4.69, 9.17) is 14.2 Å². The minimum Gasteiger partial charge on any atom is -0.493 e. The van der Waals surface area contributed by atoms with E-state index < -0.39 is 12.1 Å². The average Bonchev–Trinajstić information content (AvgIpc) is 3.30. The lowest BCUT2D eigenvalue weighted by molar-refractivity contribution is -0.123. The first kappa shape index (κ1) is 25.3. The normalized spacial score (nSPS) is 16.0. The van der Waals surface area contributed by atoms with Gasteiger partial charge in [0.25, 0.3) is 0 Å². The Morgan fingerprint density at radius 1 is 1.03 bits per heavy atom. The van der Waals surface area contributed by atoms with Gasteiger partial charge in [0.1, 0.15) is 6.10 Å². The zero-order valence-corrected chi connectivity index (χ0v) is 19.6. The molecule has 1 aromatic carbocycles. The number of rotatable bonds is 14. The molecule has 0 radical (unpaired) electrons. The number of unbranched alkanes of at least 4 members (excludes halogenated alkanes) is 4. The van der Waals surface area contributed by atoms with E-state index in [1.165, 1.54) is 12.8 Å². The summed E-state index contributed by atoms with van der Waals surface area (Å²) in [6.45, 7) is 4.77. The Kier molecular flexibility index (Phi) is 10.9. The van der Waals surface area contributed by atoms with Gasteiger partial charge in [0.2, 0.25) is 11.7 Å². The van der Waals surface area contributed by atoms with Gasteiger partial charge < -0.3 is 29.5 Å². The number of methoxy groups -OCH3 is 3. The standard InChI is InChI=1S/C24H40N2O5/c1-5-6-7-8-9-12-22(27)25-19(17-26-13-10-11-14-26)23(28)18-15-20(29-2)24(31-4)21(16-18)30-3/h15-16,19,23,28H,5-14,17H2,1-4H3,(H,25,27)/t19-,23+/m1/s1. The van der Waals surface area contributed by atoms with Crippen LogP contribution in [0.3, 0.4) is 0 Å². The minimum atomic E-state index is -0.890. The molecule has 0 aliphatic carbocycles. The first-order chi connectivity index (χ1) is 15.0. The van der Waals surface area contributed by atoms with E-state index in [2.05, 4.69) is 17.1 Å². The van der Waals surface area contributed by atoms with Gasteiger partial charge in [-0.3, -0.25) is 4.79 Å². The summed E-state index contributed by atoms with van der Waals surface area (Å²) >= 11 is 0. The summed E-state index contributed by atoms with van der Waals surface area (Å²) in [6, 6.07) is 3.09. The van der Waals surface area contributed by atoms with Crippen LogP contribution in [0, 0.1) is 0 Å². The number of carbonyl (C=O) groups excluding carboxylic acids is 1. The molecule has 1 aliphatic heterocycles. The fraction of sp³-hybridized carbons (Fsp3) is 0.708. The largest absolute Gasteiger partial charge is 0.493 e.